The average molecular weight is 353 g/mol. The lowest BCUT2D eigenvalue weighted by molar-refractivity contribution is -0.115. The molecule has 0 saturated carbocycles. The minimum Gasteiger partial charge on any atom is -0.309 e. The van der Waals surface area contributed by atoms with Crippen molar-refractivity contribution in [3.63, 3.8) is 0 Å². The number of anilines is 1. The first-order valence-electron chi connectivity index (χ1n) is 6.60. The summed E-state index contributed by atoms with van der Waals surface area (Å²) in [5.74, 6) is 0.155. The Labute approximate surface area is 143 Å². The molecule has 0 spiro atoms. The molecule has 0 unspecified atom stereocenters. The van der Waals surface area contributed by atoms with Gasteiger partial charge < -0.3 is 5.32 Å². The fraction of sp³-hybridized carbons (Fsp3) is 0.133. The normalized spacial score (nSPS) is 11.2. The molecule has 2 aromatic rings. The van der Waals surface area contributed by atoms with E-state index in [4.69, 9.17) is 28.0 Å². The van der Waals surface area contributed by atoms with Gasteiger partial charge in [0.2, 0.25) is 5.91 Å². The molecule has 0 atom stereocenters. The molecule has 2 rings (SSSR count). The molecule has 1 aromatic heterocycles. The summed E-state index contributed by atoms with van der Waals surface area (Å²) in [5, 5.41) is 3.50. The van der Waals surface area contributed by atoms with Gasteiger partial charge in [-0.15, -0.1) is 0 Å². The number of hydrogen-bond donors (Lipinski definition) is 2. The lowest BCUT2D eigenvalue weighted by atomic mass is 10.1. The Hall–Kier alpha value is -2.15. The highest BCUT2D eigenvalue weighted by molar-refractivity contribution is 6.42. The predicted octanol–water partition coefficient (Wildman–Crippen LogP) is 3.30. The Bertz CT molecular complexity index is 708. The summed E-state index contributed by atoms with van der Waals surface area (Å²) in [4.78, 5) is 24.7. The van der Waals surface area contributed by atoms with Gasteiger partial charge >= 0.3 is 0 Å². The summed E-state index contributed by atoms with van der Waals surface area (Å²) in [6, 6.07) is 5.12. The maximum atomic E-state index is 11.9. The highest BCUT2D eigenvalue weighted by atomic mass is 35.5. The second-order valence-electron chi connectivity index (χ2n) is 4.40. The van der Waals surface area contributed by atoms with Crippen LogP contribution in [0.2, 0.25) is 10.0 Å². The van der Waals surface area contributed by atoms with Crippen molar-refractivity contribution in [3.05, 3.63) is 58.5 Å². The van der Waals surface area contributed by atoms with Gasteiger partial charge in [0, 0.05) is 24.4 Å². The van der Waals surface area contributed by atoms with Gasteiger partial charge in [-0.05, 0) is 18.2 Å². The van der Waals surface area contributed by atoms with Crippen LogP contribution in [-0.4, -0.2) is 23.0 Å². The molecular weight excluding hydrogens is 339 g/mol. The van der Waals surface area contributed by atoms with Crippen molar-refractivity contribution in [2.45, 2.75) is 6.42 Å². The van der Waals surface area contributed by atoms with Gasteiger partial charge in [-0.25, -0.2) is 4.98 Å². The van der Waals surface area contributed by atoms with Crippen LogP contribution in [0.1, 0.15) is 12.0 Å². The van der Waals surface area contributed by atoms with E-state index in [0.29, 0.717) is 21.6 Å². The van der Waals surface area contributed by atoms with E-state index in [9.17, 15) is 4.79 Å². The Morgan fingerprint density at radius 1 is 1.30 bits per heavy atom. The van der Waals surface area contributed by atoms with E-state index >= 15 is 0 Å². The highest BCUT2D eigenvalue weighted by Crippen LogP contribution is 2.25. The lowest BCUT2D eigenvalue weighted by Gasteiger charge is -2.10. The van der Waals surface area contributed by atoms with E-state index in [0.717, 1.165) is 5.56 Å². The highest BCUT2D eigenvalue weighted by Gasteiger charge is 2.07. The van der Waals surface area contributed by atoms with Crippen LogP contribution in [0, 0.1) is 0 Å². The summed E-state index contributed by atoms with van der Waals surface area (Å²) in [5.41, 5.74) is 4.06. The Kier molecular flexibility index (Phi) is 6.34. The van der Waals surface area contributed by atoms with Crippen LogP contribution in [0.3, 0.4) is 0 Å². The van der Waals surface area contributed by atoms with Crippen LogP contribution < -0.4 is 10.8 Å². The topological polar surface area (TPSA) is 76.1 Å². The molecule has 6 nitrogen and oxygen atoms in total. The van der Waals surface area contributed by atoms with Crippen LogP contribution >= 0.6 is 23.2 Å². The van der Waals surface area contributed by atoms with Gasteiger partial charge in [0.05, 0.1) is 29.0 Å². The van der Waals surface area contributed by atoms with Crippen molar-refractivity contribution in [2.24, 2.45) is 0 Å². The van der Waals surface area contributed by atoms with Crippen LogP contribution in [-0.2, 0) is 9.63 Å². The minimum atomic E-state index is -0.235. The summed E-state index contributed by atoms with van der Waals surface area (Å²) < 4.78 is 0. The van der Waals surface area contributed by atoms with Crippen LogP contribution in [0.15, 0.2) is 42.9 Å². The first kappa shape index (κ1) is 17.2. The number of benzene rings is 1. The zero-order valence-electron chi connectivity index (χ0n) is 12.2. The number of aromatic nitrogens is 2. The number of carbonyl (C=O) groups is 1. The molecule has 2 N–H and O–H groups in total. The molecule has 8 heteroatoms. The molecule has 0 bridgehead atoms. The second-order valence-corrected chi connectivity index (χ2v) is 5.21. The monoisotopic (exact) mass is 352 g/mol. The van der Waals surface area contributed by atoms with Gasteiger partial charge in [0.25, 0.3) is 0 Å². The van der Waals surface area contributed by atoms with E-state index < -0.39 is 0 Å². The maximum Gasteiger partial charge on any atom is 0.229 e. The van der Waals surface area contributed by atoms with E-state index in [-0.39, 0.29) is 12.3 Å². The summed E-state index contributed by atoms with van der Waals surface area (Å²) in [6.07, 6.45) is 6.28. The third kappa shape index (κ3) is 5.21. The molecule has 23 heavy (non-hydrogen) atoms. The van der Waals surface area contributed by atoms with Crippen molar-refractivity contribution in [3.8, 4) is 0 Å². The Morgan fingerprint density at radius 3 is 2.78 bits per heavy atom. The van der Waals surface area contributed by atoms with Crippen molar-refractivity contribution < 1.29 is 9.63 Å². The van der Waals surface area contributed by atoms with Gasteiger partial charge in [0.15, 0.2) is 5.82 Å². The number of nitrogens with one attached hydrogen (secondary N) is 2. The first-order valence-corrected chi connectivity index (χ1v) is 7.36. The summed E-state index contributed by atoms with van der Waals surface area (Å²) >= 11 is 11.9. The largest absolute Gasteiger partial charge is 0.309 e. The fourth-order valence-corrected chi connectivity index (χ4v) is 2.04. The van der Waals surface area contributed by atoms with Crippen LogP contribution in [0.25, 0.3) is 5.70 Å². The second kappa shape index (κ2) is 8.47. The number of amides is 1. The van der Waals surface area contributed by atoms with Crippen molar-refractivity contribution in [2.75, 3.05) is 12.4 Å². The molecule has 0 aliphatic heterocycles. The van der Waals surface area contributed by atoms with Crippen molar-refractivity contribution in [1.29, 1.82) is 0 Å². The maximum absolute atomic E-state index is 11.9. The molecule has 0 saturated heterocycles. The lowest BCUT2D eigenvalue weighted by Crippen LogP contribution is -2.14. The smallest absolute Gasteiger partial charge is 0.229 e. The van der Waals surface area contributed by atoms with Gasteiger partial charge in [-0.3, -0.25) is 20.1 Å². The molecule has 0 fully saturated rings. The Balaban J connectivity index is 2.09. The van der Waals surface area contributed by atoms with E-state index in [1.165, 1.54) is 25.7 Å². The molecule has 0 radical (unpaired) electrons. The predicted molar refractivity (Wildman–Crippen MR) is 89.9 cm³/mol. The fourth-order valence-electron chi connectivity index (χ4n) is 1.74. The number of halogens is 2. The third-order valence-electron chi connectivity index (χ3n) is 2.76. The molecule has 1 amide bonds. The van der Waals surface area contributed by atoms with E-state index in [2.05, 4.69) is 20.8 Å². The zero-order chi connectivity index (χ0) is 16.7. The number of hydrogen-bond acceptors (Lipinski definition) is 5. The average Bonchev–Trinajstić information content (AvgIpc) is 2.55. The number of nitrogens with zero attached hydrogens (tertiary/aromatic N) is 2. The quantitative estimate of drug-likeness (QED) is 0.780. The van der Waals surface area contributed by atoms with Crippen molar-refractivity contribution >= 4 is 40.6 Å². The van der Waals surface area contributed by atoms with E-state index in [1.54, 1.807) is 24.3 Å². The van der Waals surface area contributed by atoms with Crippen LogP contribution in [0.5, 0.6) is 0 Å². The number of carbonyl (C=O) groups excluding carboxylic acids is 1. The van der Waals surface area contributed by atoms with Gasteiger partial charge in [0.1, 0.15) is 0 Å². The molecule has 0 aliphatic rings. The third-order valence-corrected chi connectivity index (χ3v) is 3.50. The first-order chi connectivity index (χ1) is 11.1. The van der Waals surface area contributed by atoms with Gasteiger partial charge in [-0.1, -0.05) is 29.3 Å². The minimum absolute atomic E-state index is 0.114. The molecule has 1 heterocycles. The van der Waals surface area contributed by atoms with Gasteiger partial charge in [-0.2, -0.15) is 0 Å². The number of rotatable bonds is 6. The standard InChI is InChI=1S/C15H14Cl2N4O2/c1-23-21-13(10-2-3-11(16)12(17)8-10)4-5-15(22)20-14-9-18-6-7-19-14/h2-4,6-9,21H,5H2,1H3,(H,19,20,22). The molecular formula is C15H14Cl2N4O2. The molecule has 0 aliphatic carbocycles. The van der Waals surface area contributed by atoms with E-state index in [1.807, 2.05) is 0 Å². The zero-order valence-corrected chi connectivity index (χ0v) is 13.7. The molecule has 120 valence electrons. The summed E-state index contributed by atoms with van der Waals surface area (Å²) in [7, 11) is 1.48. The molecule has 1 aromatic carbocycles. The summed E-state index contributed by atoms with van der Waals surface area (Å²) in [6.45, 7) is 0. The van der Waals surface area contributed by atoms with Crippen LogP contribution in [0.4, 0.5) is 5.82 Å². The Morgan fingerprint density at radius 2 is 2.13 bits per heavy atom. The SMILES string of the molecule is CONC(=CCC(=O)Nc1cnccn1)c1ccc(Cl)c(Cl)c1. The number of hydroxylamine groups is 1. The van der Waals surface area contributed by atoms with Crippen molar-refractivity contribution in [1.82, 2.24) is 15.4 Å².